The Hall–Kier alpha value is -1.13. The van der Waals surface area contributed by atoms with E-state index in [2.05, 4.69) is 15.5 Å². The highest BCUT2D eigenvalue weighted by Crippen LogP contribution is 2.19. The summed E-state index contributed by atoms with van der Waals surface area (Å²) in [5.74, 6) is 0.877. The monoisotopic (exact) mass is 222 g/mol. The molecule has 15 heavy (non-hydrogen) atoms. The summed E-state index contributed by atoms with van der Waals surface area (Å²) >= 11 is 6.09. The first-order valence-corrected chi connectivity index (χ1v) is 5.44. The first-order chi connectivity index (χ1) is 7.34. The van der Waals surface area contributed by atoms with Gasteiger partial charge in [0.05, 0.1) is 6.54 Å². The Balaban J connectivity index is 1.94. The lowest BCUT2D eigenvalue weighted by molar-refractivity contribution is 0.652. The van der Waals surface area contributed by atoms with E-state index in [1.54, 1.807) is 0 Å². The molecule has 1 N–H and O–H groups in total. The van der Waals surface area contributed by atoms with Gasteiger partial charge in [-0.2, -0.15) is 0 Å². The molecule has 1 saturated carbocycles. The van der Waals surface area contributed by atoms with E-state index in [4.69, 9.17) is 11.6 Å². The van der Waals surface area contributed by atoms with E-state index in [1.165, 1.54) is 12.8 Å². The molecule has 0 radical (unpaired) electrons. The van der Waals surface area contributed by atoms with Gasteiger partial charge in [-0.05, 0) is 25.0 Å². The van der Waals surface area contributed by atoms with Crippen molar-refractivity contribution in [2.45, 2.75) is 25.4 Å². The average molecular weight is 223 g/mol. The maximum Gasteiger partial charge on any atom is 0.161 e. The molecule has 3 rings (SSSR count). The molecule has 0 spiro atoms. The van der Waals surface area contributed by atoms with Gasteiger partial charge in [0, 0.05) is 6.04 Å². The van der Waals surface area contributed by atoms with Crippen LogP contribution in [0, 0.1) is 0 Å². The number of rotatable bonds is 3. The SMILES string of the molecule is Clc1cccc2nnc(CNC3CC3)n12. The van der Waals surface area contributed by atoms with Crippen LogP contribution in [-0.2, 0) is 6.54 Å². The Morgan fingerprint density at radius 1 is 1.40 bits per heavy atom. The van der Waals surface area contributed by atoms with Gasteiger partial charge in [0.2, 0.25) is 0 Å². The quantitative estimate of drug-likeness (QED) is 0.803. The molecule has 0 atom stereocenters. The number of pyridine rings is 1. The van der Waals surface area contributed by atoms with Crippen LogP contribution in [0.15, 0.2) is 18.2 Å². The van der Waals surface area contributed by atoms with Crippen molar-refractivity contribution in [2.75, 3.05) is 0 Å². The predicted octanol–water partition coefficient (Wildman–Crippen LogP) is 1.63. The topological polar surface area (TPSA) is 42.2 Å². The van der Waals surface area contributed by atoms with Crippen LogP contribution in [0.2, 0.25) is 5.15 Å². The molecule has 5 heteroatoms. The van der Waals surface area contributed by atoms with Crippen molar-refractivity contribution in [1.82, 2.24) is 19.9 Å². The molecule has 0 unspecified atom stereocenters. The van der Waals surface area contributed by atoms with Crippen molar-refractivity contribution in [2.24, 2.45) is 0 Å². The molecular weight excluding hydrogens is 212 g/mol. The van der Waals surface area contributed by atoms with Gasteiger partial charge in [0.1, 0.15) is 5.15 Å². The number of fused-ring (bicyclic) bond motifs is 1. The summed E-state index contributed by atoms with van der Waals surface area (Å²) in [7, 11) is 0. The highest BCUT2D eigenvalue weighted by Gasteiger charge is 2.21. The van der Waals surface area contributed by atoms with Gasteiger partial charge in [-0.25, -0.2) is 0 Å². The van der Waals surface area contributed by atoms with Crippen LogP contribution in [-0.4, -0.2) is 20.6 Å². The molecule has 0 aliphatic heterocycles. The van der Waals surface area contributed by atoms with E-state index in [0.29, 0.717) is 11.2 Å². The summed E-state index contributed by atoms with van der Waals surface area (Å²) in [6.45, 7) is 0.732. The summed E-state index contributed by atoms with van der Waals surface area (Å²) in [6.07, 6.45) is 2.54. The third-order valence-corrected chi connectivity index (χ3v) is 2.87. The standard InChI is InChI=1S/C10H11ClN4/c11-8-2-1-3-9-13-14-10(15(8)9)6-12-7-4-5-7/h1-3,7,12H,4-6H2. The first-order valence-electron chi connectivity index (χ1n) is 5.06. The molecule has 2 aromatic heterocycles. The summed E-state index contributed by atoms with van der Waals surface area (Å²) in [5.41, 5.74) is 0.801. The fourth-order valence-electron chi connectivity index (χ4n) is 1.60. The largest absolute Gasteiger partial charge is 0.307 e. The second-order valence-corrected chi connectivity index (χ2v) is 4.20. The van der Waals surface area contributed by atoms with Crippen LogP contribution in [0.4, 0.5) is 0 Å². The Morgan fingerprint density at radius 2 is 2.27 bits per heavy atom. The Bertz CT molecular complexity index is 489. The van der Waals surface area contributed by atoms with Crippen molar-refractivity contribution in [3.8, 4) is 0 Å². The third-order valence-electron chi connectivity index (χ3n) is 2.57. The lowest BCUT2D eigenvalue weighted by Gasteiger charge is -2.02. The summed E-state index contributed by atoms with van der Waals surface area (Å²) < 4.78 is 1.87. The second-order valence-electron chi connectivity index (χ2n) is 3.81. The highest BCUT2D eigenvalue weighted by atomic mass is 35.5. The summed E-state index contributed by atoms with van der Waals surface area (Å²) in [6, 6.07) is 6.29. The minimum absolute atomic E-state index is 0.657. The van der Waals surface area contributed by atoms with Crippen molar-refractivity contribution >= 4 is 17.2 Å². The number of hydrogen-bond donors (Lipinski definition) is 1. The van der Waals surface area contributed by atoms with Gasteiger partial charge < -0.3 is 5.32 Å². The van der Waals surface area contributed by atoms with Gasteiger partial charge in [-0.15, -0.1) is 10.2 Å². The molecule has 78 valence electrons. The first kappa shape index (κ1) is 9.12. The molecule has 0 amide bonds. The molecule has 1 aliphatic carbocycles. The zero-order valence-electron chi connectivity index (χ0n) is 8.15. The summed E-state index contributed by atoms with van der Waals surface area (Å²) in [4.78, 5) is 0. The van der Waals surface area contributed by atoms with Crippen molar-refractivity contribution in [3.05, 3.63) is 29.2 Å². The molecule has 4 nitrogen and oxygen atoms in total. The number of nitrogens with one attached hydrogen (secondary N) is 1. The predicted molar refractivity (Wildman–Crippen MR) is 57.9 cm³/mol. The Labute approximate surface area is 92.3 Å². The zero-order valence-corrected chi connectivity index (χ0v) is 8.91. The molecular formula is C10H11ClN4. The minimum Gasteiger partial charge on any atom is -0.307 e. The van der Waals surface area contributed by atoms with E-state index in [-0.39, 0.29) is 0 Å². The van der Waals surface area contributed by atoms with E-state index in [0.717, 1.165) is 18.0 Å². The summed E-state index contributed by atoms with van der Waals surface area (Å²) in [5, 5.41) is 12.2. The average Bonchev–Trinajstić information content (AvgIpc) is 2.96. The molecule has 2 aromatic rings. The van der Waals surface area contributed by atoms with Crippen LogP contribution in [0.1, 0.15) is 18.7 Å². The Morgan fingerprint density at radius 3 is 3.07 bits per heavy atom. The van der Waals surface area contributed by atoms with Crippen molar-refractivity contribution in [3.63, 3.8) is 0 Å². The van der Waals surface area contributed by atoms with Gasteiger partial charge >= 0.3 is 0 Å². The van der Waals surface area contributed by atoms with Gasteiger partial charge in [0.25, 0.3) is 0 Å². The van der Waals surface area contributed by atoms with Crippen LogP contribution >= 0.6 is 11.6 Å². The fourth-order valence-corrected chi connectivity index (χ4v) is 1.85. The molecule has 1 aliphatic rings. The maximum atomic E-state index is 6.09. The van der Waals surface area contributed by atoms with Gasteiger partial charge in [-0.1, -0.05) is 17.7 Å². The van der Waals surface area contributed by atoms with E-state index >= 15 is 0 Å². The second kappa shape index (κ2) is 3.47. The number of nitrogens with zero attached hydrogens (tertiary/aromatic N) is 3. The fraction of sp³-hybridized carbons (Fsp3) is 0.400. The lowest BCUT2D eigenvalue weighted by atomic mass is 10.4. The number of halogens is 1. The molecule has 0 aromatic carbocycles. The lowest BCUT2D eigenvalue weighted by Crippen LogP contribution is -2.17. The van der Waals surface area contributed by atoms with Crippen LogP contribution in [0.25, 0.3) is 5.65 Å². The molecule has 2 heterocycles. The minimum atomic E-state index is 0.657. The maximum absolute atomic E-state index is 6.09. The van der Waals surface area contributed by atoms with E-state index in [1.807, 2.05) is 22.6 Å². The molecule has 1 fully saturated rings. The molecule has 0 saturated heterocycles. The smallest absolute Gasteiger partial charge is 0.161 e. The van der Waals surface area contributed by atoms with Gasteiger partial charge in [0.15, 0.2) is 11.5 Å². The van der Waals surface area contributed by atoms with Crippen LogP contribution in [0.3, 0.4) is 0 Å². The van der Waals surface area contributed by atoms with Crippen molar-refractivity contribution in [1.29, 1.82) is 0 Å². The molecule has 0 bridgehead atoms. The van der Waals surface area contributed by atoms with Crippen LogP contribution in [0.5, 0.6) is 0 Å². The van der Waals surface area contributed by atoms with E-state index in [9.17, 15) is 0 Å². The van der Waals surface area contributed by atoms with Crippen molar-refractivity contribution < 1.29 is 0 Å². The number of aromatic nitrogens is 3. The normalized spacial score (nSPS) is 16.1. The zero-order chi connectivity index (χ0) is 10.3. The number of hydrogen-bond acceptors (Lipinski definition) is 3. The van der Waals surface area contributed by atoms with E-state index < -0.39 is 0 Å². The third kappa shape index (κ3) is 1.70. The highest BCUT2D eigenvalue weighted by molar-refractivity contribution is 6.29. The van der Waals surface area contributed by atoms with Crippen LogP contribution < -0.4 is 5.32 Å². The van der Waals surface area contributed by atoms with Gasteiger partial charge in [-0.3, -0.25) is 4.40 Å². The Kier molecular flexibility index (Phi) is 2.11.